The third-order valence-electron chi connectivity index (χ3n) is 4.78. The Kier molecular flexibility index (Phi) is 7.64. The van der Waals surface area contributed by atoms with Crippen LogP contribution in [0.4, 0.5) is 8.78 Å². The van der Waals surface area contributed by atoms with Gasteiger partial charge in [0.15, 0.2) is 5.16 Å². The maximum atomic E-state index is 13.3. The molecule has 176 valence electrons. The van der Waals surface area contributed by atoms with E-state index in [0.717, 1.165) is 5.75 Å². The fourth-order valence-corrected chi connectivity index (χ4v) is 4.13. The lowest BCUT2D eigenvalue weighted by Crippen LogP contribution is -2.22. The highest BCUT2D eigenvalue weighted by Crippen LogP contribution is 2.24. The normalized spacial score (nSPS) is 11.1. The van der Waals surface area contributed by atoms with E-state index in [2.05, 4.69) is 9.72 Å². The molecule has 0 radical (unpaired) electrons. The van der Waals surface area contributed by atoms with E-state index in [0.29, 0.717) is 46.5 Å². The summed E-state index contributed by atoms with van der Waals surface area (Å²) in [6.07, 6.45) is 0. The first-order valence-electron chi connectivity index (χ1n) is 10.6. The quantitative estimate of drug-likeness (QED) is 0.167. The minimum Gasteiger partial charge on any atom is -0.494 e. The molecule has 4 rings (SSSR count). The number of nitrogens with zero attached hydrogens (tertiary/aromatic N) is 2. The standard InChI is InChI=1S/C25H22F2N2O4S/c1-2-31-18-11-13-19(14-12-18)32-15-16-34-25-28-22-6-4-3-5-21(22)23(30)29(25)17-7-9-20(10-8-17)33-24(26)27/h3-14,24H,2,15-16H2,1H3. The zero-order chi connectivity index (χ0) is 23.9. The summed E-state index contributed by atoms with van der Waals surface area (Å²) in [5.74, 6) is 2.03. The largest absolute Gasteiger partial charge is 0.494 e. The molecule has 1 aromatic heterocycles. The Bertz CT molecular complexity index is 1300. The molecular weight excluding hydrogens is 462 g/mol. The number of benzene rings is 3. The summed E-state index contributed by atoms with van der Waals surface area (Å²) in [6.45, 7) is -0.00698. The maximum Gasteiger partial charge on any atom is 0.387 e. The number of hydrogen-bond acceptors (Lipinski definition) is 6. The van der Waals surface area contributed by atoms with Gasteiger partial charge in [0.05, 0.1) is 29.8 Å². The Labute approximate surface area is 199 Å². The van der Waals surface area contributed by atoms with E-state index in [9.17, 15) is 13.6 Å². The van der Waals surface area contributed by atoms with Gasteiger partial charge in [0, 0.05) is 5.75 Å². The van der Waals surface area contributed by atoms with Gasteiger partial charge in [0.2, 0.25) is 0 Å². The second-order valence-electron chi connectivity index (χ2n) is 7.03. The van der Waals surface area contributed by atoms with E-state index in [1.165, 1.54) is 28.5 Å². The minimum absolute atomic E-state index is 0.0125. The summed E-state index contributed by atoms with van der Waals surface area (Å²) in [6, 6.07) is 20.3. The number of ether oxygens (including phenoxy) is 3. The van der Waals surface area contributed by atoms with Crippen LogP contribution in [0.1, 0.15) is 6.92 Å². The van der Waals surface area contributed by atoms with E-state index < -0.39 is 6.61 Å². The van der Waals surface area contributed by atoms with Gasteiger partial charge in [-0.15, -0.1) is 0 Å². The molecule has 0 N–H and O–H groups in total. The van der Waals surface area contributed by atoms with Crippen molar-refractivity contribution in [1.82, 2.24) is 9.55 Å². The summed E-state index contributed by atoms with van der Waals surface area (Å²) in [5.41, 5.74) is 0.833. The highest BCUT2D eigenvalue weighted by Gasteiger charge is 2.14. The van der Waals surface area contributed by atoms with Crippen molar-refractivity contribution in [3.05, 3.63) is 83.2 Å². The molecule has 0 aliphatic carbocycles. The molecule has 4 aromatic rings. The van der Waals surface area contributed by atoms with Crippen LogP contribution in [0.25, 0.3) is 16.6 Å². The van der Waals surface area contributed by atoms with Crippen LogP contribution in [0.3, 0.4) is 0 Å². The number of fused-ring (bicyclic) bond motifs is 1. The van der Waals surface area contributed by atoms with Crippen molar-refractivity contribution in [2.75, 3.05) is 19.0 Å². The highest BCUT2D eigenvalue weighted by atomic mass is 32.2. The summed E-state index contributed by atoms with van der Waals surface area (Å²) in [7, 11) is 0. The molecule has 34 heavy (non-hydrogen) atoms. The van der Waals surface area contributed by atoms with Crippen LogP contribution in [0.2, 0.25) is 0 Å². The van der Waals surface area contributed by atoms with Crippen molar-refractivity contribution in [2.45, 2.75) is 18.7 Å². The molecule has 0 unspecified atom stereocenters. The summed E-state index contributed by atoms with van der Waals surface area (Å²) in [4.78, 5) is 17.9. The van der Waals surface area contributed by atoms with Gasteiger partial charge >= 0.3 is 6.61 Å². The molecule has 0 aliphatic heterocycles. The lowest BCUT2D eigenvalue weighted by molar-refractivity contribution is -0.0498. The summed E-state index contributed by atoms with van der Waals surface area (Å²) >= 11 is 1.37. The smallest absolute Gasteiger partial charge is 0.387 e. The third kappa shape index (κ3) is 5.66. The van der Waals surface area contributed by atoms with Gasteiger partial charge in [0.25, 0.3) is 5.56 Å². The number of halogens is 2. The second kappa shape index (κ2) is 11.0. The van der Waals surface area contributed by atoms with Crippen molar-refractivity contribution >= 4 is 22.7 Å². The molecule has 6 nitrogen and oxygen atoms in total. The number of aromatic nitrogens is 2. The predicted octanol–water partition coefficient (Wildman–Crippen LogP) is 5.56. The van der Waals surface area contributed by atoms with Crippen molar-refractivity contribution in [3.63, 3.8) is 0 Å². The van der Waals surface area contributed by atoms with Gasteiger partial charge in [0.1, 0.15) is 17.2 Å². The predicted molar refractivity (Wildman–Crippen MR) is 128 cm³/mol. The van der Waals surface area contributed by atoms with Crippen molar-refractivity contribution < 1.29 is 23.0 Å². The zero-order valence-corrected chi connectivity index (χ0v) is 19.1. The SMILES string of the molecule is CCOc1ccc(OCCSc2nc3ccccc3c(=O)n2-c2ccc(OC(F)F)cc2)cc1. The summed E-state index contributed by atoms with van der Waals surface area (Å²) in [5, 5.41) is 0.937. The molecule has 3 aromatic carbocycles. The molecule has 0 fully saturated rings. The number of alkyl halides is 2. The van der Waals surface area contributed by atoms with Crippen LogP contribution in [0.15, 0.2) is 82.7 Å². The molecule has 0 atom stereocenters. The molecule has 0 bridgehead atoms. The summed E-state index contributed by atoms with van der Waals surface area (Å²) < 4.78 is 42.1. The van der Waals surface area contributed by atoms with Gasteiger partial charge in [-0.2, -0.15) is 8.78 Å². The first-order valence-corrected chi connectivity index (χ1v) is 11.6. The number of hydrogen-bond donors (Lipinski definition) is 0. The fourth-order valence-electron chi connectivity index (χ4n) is 3.30. The van der Waals surface area contributed by atoms with Crippen LogP contribution in [0.5, 0.6) is 17.2 Å². The molecule has 0 spiro atoms. The average Bonchev–Trinajstić information content (AvgIpc) is 2.84. The molecule has 1 heterocycles. The number of rotatable bonds is 10. The topological polar surface area (TPSA) is 62.6 Å². The molecule has 9 heteroatoms. The van der Waals surface area contributed by atoms with Crippen molar-refractivity contribution in [1.29, 1.82) is 0 Å². The van der Waals surface area contributed by atoms with Crippen LogP contribution < -0.4 is 19.8 Å². The Morgan fingerprint density at radius 3 is 2.24 bits per heavy atom. The van der Waals surface area contributed by atoms with Crippen LogP contribution >= 0.6 is 11.8 Å². The molecule has 0 saturated heterocycles. The van der Waals surface area contributed by atoms with Crippen molar-refractivity contribution in [2.24, 2.45) is 0 Å². The van der Waals surface area contributed by atoms with Gasteiger partial charge in [-0.3, -0.25) is 9.36 Å². The Morgan fingerprint density at radius 2 is 1.56 bits per heavy atom. The first kappa shape index (κ1) is 23.6. The minimum atomic E-state index is -2.92. The van der Waals surface area contributed by atoms with Gasteiger partial charge in [-0.05, 0) is 67.6 Å². The Hall–Kier alpha value is -3.59. The lowest BCUT2D eigenvalue weighted by atomic mass is 10.2. The van der Waals surface area contributed by atoms with Gasteiger partial charge in [-0.1, -0.05) is 23.9 Å². The van der Waals surface area contributed by atoms with E-state index in [1.807, 2.05) is 37.3 Å². The average molecular weight is 485 g/mol. The Balaban J connectivity index is 1.54. The van der Waals surface area contributed by atoms with Gasteiger partial charge < -0.3 is 14.2 Å². The monoisotopic (exact) mass is 484 g/mol. The van der Waals surface area contributed by atoms with E-state index in [1.54, 1.807) is 30.3 Å². The van der Waals surface area contributed by atoms with Crippen LogP contribution in [-0.4, -0.2) is 35.1 Å². The highest BCUT2D eigenvalue weighted by molar-refractivity contribution is 7.99. The molecule has 0 saturated carbocycles. The maximum absolute atomic E-state index is 13.3. The molecular formula is C25H22F2N2O4S. The first-order chi connectivity index (χ1) is 16.5. The van der Waals surface area contributed by atoms with Crippen LogP contribution in [0, 0.1) is 0 Å². The third-order valence-corrected chi connectivity index (χ3v) is 5.69. The number of thioether (sulfide) groups is 1. The fraction of sp³-hybridized carbons (Fsp3) is 0.200. The van der Waals surface area contributed by atoms with Crippen LogP contribution in [-0.2, 0) is 0 Å². The zero-order valence-electron chi connectivity index (χ0n) is 18.3. The molecule has 0 amide bonds. The second-order valence-corrected chi connectivity index (χ2v) is 8.09. The van der Waals surface area contributed by atoms with E-state index >= 15 is 0 Å². The van der Waals surface area contributed by atoms with Gasteiger partial charge in [-0.25, -0.2) is 4.98 Å². The Morgan fingerprint density at radius 1 is 0.912 bits per heavy atom. The van der Waals surface area contributed by atoms with E-state index in [-0.39, 0.29) is 11.3 Å². The van der Waals surface area contributed by atoms with E-state index in [4.69, 9.17) is 9.47 Å². The molecule has 0 aliphatic rings. The lowest BCUT2D eigenvalue weighted by Gasteiger charge is -2.14. The number of para-hydroxylation sites is 1. The van der Waals surface area contributed by atoms with Crippen molar-refractivity contribution in [3.8, 4) is 22.9 Å².